The first-order valence-electron chi connectivity index (χ1n) is 8.22. The van der Waals surface area contributed by atoms with E-state index in [-0.39, 0.29) is 22.8 Å². The number of aromatic nitrogens is 1. The van der Waals surface area contributed by atoms with Crippen LogP contribution in [0.2, 0.25) is 0 Å². The summed E-state index contributed by atoms with van der Waals surface area (Å²) in [7, 11) is -3.53. The van der Waals surface area contributed by atoms with Gasteiger partial charge in [-0.2, -0.15) is 4.31 Å². The maximum atomic E-state index is 12.6. The van der Waals surface area contributed by atoms with Crippen molar-refractivity contribution in [3.8, 4) is 0 Å². The van der Waals surface area contributed by atoms with Crippen molar-refractivity contribution in [1.82, 2.24) is 14.6 Å². The number of carbonyl (C=O) groups is 1. The summed E-state index contributed by atoms with van der Waals surface area (Å²) in [5.41, 5.74) is 0. The van der Waals surface area contributed by atoms with E-state index in [9.17, 15) is 13.2 Å². The third-order valence-electron chi connectivity index (χ3n) is 4.43. The third-order valence-corrected chi connectivity index (χ3v) is 7.36. The largest absolute Gasteiger partial charge is 0.349 e. The van der Waals surface area contributed by atoms with E-state index in [1.54, 1.807) is 29.7 Å². The van der Waals surface area contributed by atoms with Crippen LogP contribution in [0.15, 0.2) is 46.9 Å². The molecule has 3 rings (SSSR count). The van der Waals surface area contributed by atoms with Crippen molar-refractivity contribution < 1.29 is 13.2 Å². The van der Waals surface area contributed by atoms with Gasteiger partial charge < -0.3 is 5.32 Å². The summed E-state index contributed by atoms with van der Waals surface area (Å²) < 4.78 is 26.6. The van der Waals surface area contributed by atoms with Crippen molar-refractivity contribution in [2.75, 3.05) is 13.1 Å². The van der Waals surface area contributed by atoms with Gasteiger partial charge in [-0.3, -0.25) is 9.78 Å². The molecule has 0 aliphatic carbocycles. The van der Waals surface area contributed by atoms with Crippen molar-refractivity contribution in [3.05, 3.63) is 46.9 Å². The number of nitrogens with zero attached hydrogens (tertiary/aromatic N) is 2. The minimum atomic E-state index is -3.53. The van der Waals surface area contributed by atoms with Gasteiger partial charge in [-0.25, -0.2) is 8.42 Å². The molecule has 0 saturated carbocycles. The molecule has 0 aromatic carbocycles. The van der Waals surface area contributed by atoms with E-state index >= 15 is 0 Å². The van der Waals surface area contributed by atoms with Crippen LogP contribution in [0.4, 0.5) is 0 Å². The molecule has 134 valence electrons. The monoisotopic (exact) mass is 379 g/mol. The summed E-state index contributed by atoms with van der Waals surface area (Å²) >= 11 is 1.61. The summed E-state index contributed by atoms with van der Waals surface area (Å²) in [6.45, 7) is 2.66. The van der Waals surface area contributed by atoms with E-state index in [0.29, 0.717) is 25.9 Å². The van der Waals surface area contributed by atoms with Crippen molar-refractivity contribution >= 4 is 27.3 Å². The number of thiophene rings is 1. The van der Waals surface area contributed by atoms with Gasteiger partial charge in [0.25, 0.3) is 0 Å². The van der Waals surface area contributed by atoms with E-state index in [1.807, 2.05) is 24.4 Å². The number of hydrogen-bond acceptors (Lipinski definition) is 5. The van der Waals surface area contributed by atoms with Crippen LogP contribution in [-0.2, 0) is 14.8 Å². The molecule has 0 bridgehead atoms. The Kier molecular flexibility index (Phi) is 5.51. The molecule has 0 radical (unpaired) electrons. The fraction of sp³-hybridized carbons (Fsp3) is 0.412. The zero-order valence-electron chi connectivity index (χ0n) is 14.0. The summed E-state index contributed by atoms with van der Waals surface area (Å²) in [4.78, 5) is 17.6. The number of carbonyl (C=O) groups excluding carboxylic acids is 1. The molecule has 8 heteroatoms. The van der Waals surface area contributed by atoms with E-state index in [1.165, 1.54) is 10.5 Å². The molecule has 0 spiro atoms. The van der Waals surface area contributed by atoms with Crippen molar-refractivity contribution in [3.63, 3.8) is 0 Å². The first-order chi connectivity index (χ1) is 12.0. The number of rotatable bonds is 5. The zero-order chi connectivity index (χ0) is 17.9. The Morgan fingerprint density at radius 1 is 1.32 bits per heavy atom. The molecular weight excluding hydrogens is 358 g/mol. The Hall–Kier alpha value is -1.77. The SMILES string of the molecule is CC(NC(=O)C1CCN(S(=O)(=O)c2cccnc2)CC1)c1cccs1. The smallest absolute Gasteiger partial charge is 0.244 e. The first-order valence-corrected chi connectivity index (χ1v) is 10.5. The van der Waals surface area contributed by atoms with Gasteiger partial charge in [0.1, 0.15) is 4.90 Å². The maximum absolute atomic E-state index is 12.6. The molecule has 1 saturated heterocycles. The fourth-order valence-corrected chi connectivity index (χ4v) is 5.12. The molecule has 1 aliphatic heterocycles. The second-order valence-corrected chi connectivity index (χ2v) is 9.03. The van der Waals surface area contributed by atoms with E-state index in [2.05, 4.69) is 10.3 Å². The Morgan fingerprint density at radius 2 is 2.08 bits per heavy atom. The lowest BCUT2D eigenvalue weighted by Gasteiger charge is -2.31. The lowest BCUT2D eigenvalue weighted by atomic mass is 9.97. The molecule has 25 heavy (non-hydrogen) atoms. The molecule has 6 nitrogen and oxygen atoms in total. The van der Waals surface area contributed by atoms with E-state index in [0.717, 1.165) is 4.88 Å². The molecule has 1 fully saturated rings. The van der Waals surface area contributed by atoms with Crippen LogP contribution in [0, 0.1) is 5.92 Å². The Labute approximate surface area is 151 Å². The van der Waals surface area contributed by atoms with E-state index in [4.69, 9.17) is 0 Å². The highest BCUT2D eigenvalue weighted by Gasteiger charge is 2.32. The van der Waals surface area contributed by atoms with Crippen molar-refractivity contribution in [2.45, 2.75) is 30.7 Å². The van der Waals surface area contributed by atoms with Crippen molar-refractivity contribution in [1.29, 1.82) is 0 Å². The number of hydrogen-bond donors (Lipinski definition) is 1. The highest BCUT2D eigenvalue weighted by Crippen LogP contribution is 2.25. The summed E-state index contributed by atoms with van der Waals surface area (Å²) in [5, 5.41) is 5.02. The first kappa shape index (κ1) is 18.0. The second-order valence-electron chi connectivity index (χ2n) is 6.11. The molecule has 1 atom stereocenters. The zero-order valence-corrected chi connectivity index (χ0v) is 15.6. The topological polar surface area (TPSA) is 79.4 Å². The molecular formula is C17H21N3O3S2. The molecule has 1 amide bonds. The Bertz CT molecular complexity index is 799. The fourth-order valence-electron chi connectivity index (χ4n) is 2.95. The van der Waals surface area contributed by atoms with Crippen molar-refractivity contribution in [2.24, 2.45) is 5.92 Å². The highest BCUT2D eigenvalue weighted by atomic mass is 32.2. The molecule has 3 heterocycles. The minimum absolute atomic E-state index is 0.000624. The van der Waals surface area contributed by atoms with Crippen LogP contribution >= 0.6 is 11.3 Å². The van der Waals surface area contributed by atoms with Gasteiger partial charge in [0.15, 0.2) is 0 Å². The number of amides is 1. The summed E-state index contributed by atoms with van der Waals surface area (Å²) in [6, 6.07) is 7.09. The van der Waals surface area contributed by atoms with Crippen LogP contribution in [0.25, 0.3) is 0 Å². The van der Waals surface area contributed by atoms with Gasteiger partial charge in [-0.1, -0.05) is 6.07 Å². The number of pyridine rings is 1. The average Bonchev–Trinajstić information content (AvgIpc) is 3.17. The maximum Gasteiger partial charge on any atom is 0.244 e. The van der Waals surface area contributed by atoms with Gasteiger partial charge in [0.2, 0.25) is 15.9 Å². The second kappa shape index (κ2) is 7.63. The Morgan fingerprint density at radius 3 is 2.68 bits per heavy atom. The third kappa shape index (κ3) is 4.08. The number of nitrogens with one attached hydrogen (secondary N) is 1. The number of piperidine rings is 1. The molecule has 1 unspecified atom stereocenters. The predicted molar refractivity (Wildman–Crippen MR) is 96.6 cm³/mol. The van der Waals surface area contributed by atoms with Gasteiger partial charge >= 0.3 is 0 Å². The van der Waals surface area contributed by atoms with Gasteiger partial charge in [-0.15, -0.1) is 11.3 Å². The Balaban J connectivity index is 1.57. The summed E-state index contributed by atoms with van der Waals surface area (Å²) in [6.07, 6.45) is 3.96. The van der Waals surface area contributed by atoms with Crippen LogP contribution in [0.3, 0.4) is 0 Å². The quantitative estimate of drug-likeness (QED) is 0.865. The van der Waals surface area contributed by atoms with Gasteiger partial charge in [-0.05, 0) is 43.3 Å². The highest BCUT2D eigenvalue weighted by molar-refractivity contribution is 7.89. The predicted octanol–water partition coefficient (Wildman–Crippen LogP) is 2.42. The van der Waals surface area contributed by atoms with Gasteiger partial charge in [0, 0.05) is 36.3 Å². The van der Waals surface area contributed by atoms with Crippen LogP contribution in [0.1, 0.15) is 30.7 Å². The summed E-state index contributed by atoms with van der Waals surface area (Å²) in [5.74, 6) is -0.151. The van der Waals surface area contributed by atoms with E-state index < -0.39 is 10.0 Å². The van der Waals surface area contributed by atoms with Crippen LogP contribution in [-0.4, -0.2) is 36.7 Å². The standard InChI is InChI=1S/C17H21N3O3S2/c1-13(16-5-3-11-24-16)19-17(21)14-6-9-20(10-7-14)25(22,23)15-4-2-8-18-12-15/h2-5,8,11-14H,6-7,9-10H2,1H3,(H,19,21). The average molecular weight is 380 g/mol. The molecule has 1 N–H and O–H groups in total. The molecule has 2 aromatic rings. The van der Waals surface area contributed by atoms with Crippen LogP contribution in [0.5, 0.6) is 0 Å². The van der Waals surface area contributed by atoms with Gasteiger partial charge in [0.05, 0.1) is 6.04 Å². The normalized spacial score (nSPS) is 18.0. The lowest BCUT2D eigenvalue weighted by Crippen LogP contribution is -2.43. The minimum Gasteiger partial charge on any atom is -0.349 e. The molecule has 1 aliphatic rings. The van der Waals surface area contributed by atoms with Crippen LogP contribution < -0.4 is 5.32 Å². The lowest BCUT2D eigenvalue weighted by molar-refractivity contribution is -0.126. The number of sulfonamides is 1. The molecule has 2 aromatic heterocycles.